The molecule has 8 nitrogen and oxygen atoms in total. The smallest absolute Gasteiger partial charge is 0.243 e. The number of fused-ring (bicyclic) bond motifs is 2. The summed E-state index contributed by atoms with van der Waals surface area (Å²) >= 11 is 0. The summed E-state index contributed by atoms with van der Waals surface area (Å²) in [5.41, 5.74) is 1.77. The van der Waals surface area contributed by atoms with Crippen LogP contribution in [-0.4, -0.2) is 69.5 Å². The van der Waals surface area contributed by atoms with Crippen LogP contribution in [0.5, 0.6) is 11.5 Å². The number of sulfonamides is 1. The summed E-state index contributed by atoms with van der Waals surface area (Å²) in [5.74, 6) is 1.39. The van der Waals surface area contributed by atoms with Gasteiger partial charge in [0, 0.05) is 19.6 Å². The highest BCUT2D eigenvalue weighted by Crippen LogP contribution is 2.31. The number of carbonyl (C=O) groups excluding carboxylic acids is 1. The van der Waals surface area contributed by atoms with Crippen LogP contribution >= 0.6 is 0 Å². The Morgan fingerprint density at radius 2 is 1.88 bits per heavy atom. The van der Waals surface area contributed by atoms with E-state index >= 15 is 0 Å². The van der Waals surface area contributed by atoms with Crippen LogP contribution in [0.3, 0.4) is 0 Å². The molecule has 9 heteroatoms. The molecule has 32 heavy (non-hydrogen) atoms. The average Bonchev–Trinajstić information content (AvgIpc) is 2.84. The van der Waals surface area contributed by atoms with Crippen LogP contribution in [0.1, 0.15) is 25.3 Å². The molecule has 1 N–H and O–H groups in total. The molecule has 1 atom stereocenters. The average molecular weight is 460 g/mol. The number of benzene rings is 2. The molecule has 2 aromatic carbocycles. The Kier molecular flexibility index (Phi) is 6.41. The quantitative estimate of drug-likeness (QED) is 0.756. The van der Waals surface area contributed by atoms with Crippen LogP contribution in [-0.2, 0) is 14.8 Å². The van der Waals surface area contributed by atoms with Crippen LogP contribution in [0, 0.1) is 0 Å². The third-order valence-electron chi connectivity index (χ3n) is 5.99. The first-order chi connectivity index (χ1) is 15.3. The summed E-state index contributed by atoms with van der Waals surface area (Å²) in [6.07, 6.45) is 0. The van der Waals surface area contributed by atoms with Gasteiger partial charge in [-0.3, -0.25) is 9.69 Å². The Morgan fingerprint density at radius 3 is 2.56 bits per heavy atom. The van der Waals surface area contributed by atoms with Crippen LogP contribution in [0.4, 0.5) is 5.69 Å². The number of piperazine rings is 1. The highest BCUT2D eigenvalue weighted by atomic mass is 32.2. The van der Waals surface area contributed by atoms with E-state index in [0.29, 0.717) is 36.2 Å². The van der Waals surface area contributed by atoms with E-state index in [0.717, 1.165) is 5.56 Å². The van der Waals surface area contributed by atoms with Gasteiger partial charge in [0.2, 0.25) is 15.9 Å². The normalized spacial score (nSPS) is 20.2. The number of nitrogens with one attached hydrogen (secondary N) is 1. The second-order valence-electron chi connectivity index (χ2n) is 8.43. The molecule has 1 fully saturated rings. The largest absolute Gasteiger partial charge is 0.497 e. The van der Waals surface area contributed by atoms with Crippen LogP contribution in [0.25, 0.3) is 0 Å². The van der Waals surface area contributed by atoms with E-state index in [9.17, 15) is 13.2 Å². The number of rotatable bonds is 4. The van der Waals surface area contributed by atoms with Gasteiger partial charge in [-0.05, 0) is 47.9 Å². The van der Waals surface area contributed by atoms with E-state index < -0.39 is 10.0 Å². The molecule has 0 aliphatic carbocycles. The summed E-state index contributed by atoms with van der Waals surface area (Å²) in [6.45, 7) is 5.68. The lowest BCUT2D eigenvalue weighted by Crippen LogP contribution is -2.57. The van der Waals surface area contributed by atoms with Gasteiger partial charge in [0.15, 0.2) is 0 Å². The van der Waals surface area contributed by atoms with Gasteiger partial charge in [0.05, 0.1) is 30.3 Å². The molecular formula is C23H29N3O5S. The van der Waals surface area contributed by atoms with Crippen molar-refractivity contribution in [3.8, 4) is 11.5 Å². The van der Waals surface area contributed by atoms with Gasteiger partial charge in [-0.15, -0.1) is 0 Å². The highest BCUT2D eigenvalue weighted by Gasteiger charge is 2.36. The Balaban J connectivity index is 1.55. The lowest BCUT2D eigenvalue weighted by molar-refractivity contribution is -0.118. The second-order valence-corrected chi connectivity index (χ2v) is 10.4. The van der Waals surface area contributed by atoms with E-state index in [1.54, 1.807) is 24.3 Å². The number of anilines is 1. The molecule has 2 aromatic rings. The molecular weight excluding hydrogens is 430 g/mol. The van der Waals surface area contributed by atoms with Crippen molar-refractivity contribution in [1.29, 1.82) is 0 Å². The molecule has 172 valence electrons. The van der Waals surface area contributed by atoms with Gasteiger partial charge < -0.3 is 14.8 Å². The first kappa shape index (κ1) is 22.6. The molecule has 2 aliphatic heterocycles. The SMILES string of the molecule is COc1ccc(S(=O)(=O)N2CCN3CC(=O)Nc4cc(C(C)C)ccc4OC[C@@H]3C2)cc1. The molecule has 0 saturated carbocycles. The highest BCUT2D eigenvalue weighted by molar-refractivity contribution is 7.89. The summed E-state index contributed by atoms with van der Waals surface area (Å²) < 4.78 is 39.0. The summed E-state index contributed by atoms with van der Waals surface area (Å²) in [7, 11) is -2.12. The van der Waals surface area contributed by atoms with Crippen molar-refractivity contribution in [2.75, 3.05) is 45.2 Å². The number of nitrogens with zero attached hydrogens (tertiary/aromatic N) is 2. The monoisotopic (exact) mass is 459 g/mol. The minimum absolute atomic E-state index is 0.130. The van der Waals surface area contributed by atoms with E-state index in [1.165, 1.54) is 11.4 Å². The van der Waals surface area contributed by atoms with Gasteiger partial charge in [0.1, 0.15) is 18.1 Å². The zero-order valence-corrected chi connectivity index (χ0v) is 19.4. The molecule has 4 rings (SSSR count). The fourth-order valence-corrected chi connectivity index (χ4v) is 5.50. The van der Waals surface area contributed by atoms with Crippen molar-refractivity contribution in [3.63, 3.8) is 0 Å². The zero-order valence-electron chi connectivity index (χ0n) is 18.6. The number of hydrogen-bond acceptors (Lipinski definition) is 6. The predicted octanol–water partition coefficient (Wildman–Crippen LogP) is 2.52. The fraction of sp³-hybridized carbons (Fsp3) is 0.435. The number of amides is 1. The molecule has 2 heterocycles. The molecule has 2 aliphatic rings. The number of carbonyl (C=O) groups is 1. The maximum Gasteiger partial charge on any atom is 0.243 e. The van der Waals surface area contributed by atoms with E-state index in [1.807, 2.05) is 23.1 Å². The number of hydrogen-bond donors (Lipinski definition) is 1. The number of ether oxygens (including phenoxy) is 2. The van der Waals surface area contributed by atoms with Crippen molar-refractivity contribution in [2.24, 2.45) is 0 Å². The maximum atomic E-state index is 13.2. The summed E-state index contributed by atoms with van der Waals surface area (Å²) in [5, 5.41) is 2.96. The van der Waals surface area contributed by atoms with Crippen molar-refractivity contribution in [2.45, 2.75) is 30.7 Å². The summed E-state index contributed by atoms with van der Waals surface area (Å²) in [4.78, 5) is 14.9. The van der Waals surface area contributed by atoms with Gasteiger partial charge in [0.25, 0.3) is 0 Å². The van der Waals surface area contributed by atoms with Crippen LogP contribution < -0.4 is 14.8 Å². The topological polar surface area (TPSA) is 88.2 Å². The minimum Gasteiger partial charge on any atom is -0.497 e. The lowest BCUT2D eigenvalue weighted by atomic mass is 10.0. The standard InChI is InChI=1S/C23H29N3O5S/c1-16(2)17-4-9-22-21(12-17)24-23(27)14-25-10-11-26(13-18(25)15-31-22)32(28,29)20-7-5-19(30-3)6-8-20/h4-9,12,16,18H,10-11,13-15H2,1-3H3,(H,24,27)/t18-/m0/s1. The van der Waals surface area contributed by atoms with Gasteiger partial charge in [-0.25, -0.2) is 8.42 Å². The number of methoxy groups -OCH3 is 1. The second kappa shape index (κ2) is 9.09. The van der Waals surface area contributed by atoms with E-state index in [-0.39, 0.29) is 36.5 Å². The predicted molar refractivity (Wildman–Crippen MR) is 122 cm³/mol. The first-order valence-electron chi connectivity index (χ1n) is 10.7. The molecule has 1 saturated heterocycles. The Bertz CT molecular complexity index is 1090. The van der Waals surface area contributed by atoms with Crippen LogP contribution in [0.15, 0.2) is 47.4 Å². The molecule has 0 unspecified atom stereocenters. The molecule has 0 bridgehead atoms. The third kappa shape index (κ3) is 4.60. The van der Waals surface area contributed by atoms with E-state index in [4.69, 9.17) is 9.47 Å². The third-order valence-corrected chi connectivity index (χ3v) is 7.87. The van der Waals surface area contributed by atoms with E-state index in [2.05, 4.69) is 19.2 Å². The Morgan fingerprint density at radius 1 is 1.12 bits per heavy atom. The van der Waals surface area contributed by atoms with Crippen LogP contribution in [0.2, 0.25) is 0 Å². The molecule has 0 spiro atoms. The van der Waals surface area contributed by atoms with Gasteiger partial charge >= 0.3 is 0 Å². The Labute approximate surface area is 189 Å². The maximum absolute atomic E-state index is 13.2. The van der Waals surface area contributed by atoms with Gasteiger partial charge in [-0.1, -0.05) is 19.9 Å². The van der Waals surface area contributed by atoms with Crippen molar-refractivity contribution < 1.29 is 22.7 Å². The van der Waals surface area contributed by atoms with Crippen molar-refractivity contribution in [3.05, 3.63) is 48.0 Å². The Hall–Kier alpha value is -2.62. The molecule has 1 amide bonds. The fourth-order valence-electron chi connectivity index (χ4n) is 4.04. The van der Waals surface area contributed by atoms with Gasteiger partial charge in [-0.2, -0.15) is 4.31 Å². The zero-order chi connectivity index (χ0) is 22.9. The first-order valence-corrected chi connectivity index (χ1v) is 12.2. The molecule has 0 radical (unpaired) electrons. The van der Waals surface area contributed by atoms with Crippen molar-refractivity contribution >= 4 is 21.6 Å². The molecule has 0 aromatic heterocycles. The lowest BCUT2D eigenvalue weighted by Gasteiger charge is -2.39. The summed E-state index contributed by atoms with van der Waals surface area (Å²) in [6, 6.07) is 12.0. The van der Waals surface area contributed by atoms with Crippen molar-refractivity contribution in [1.82, 2.24) is 9.21 Å². The minimum atomic E-state index is -3.66.